The van der Waals surface area contributed by atoms with Crippen molar-refractivity contribution >= 4 is 33.4 Å². The molecule has 0 amide bonds. The van der Waals surface area contributed by atoms with Crippen molar-refractivity contribution in [2.45, 2.75) is 17.9 Å². The molecule has 112 valence electrons. The zero-order valence-electron chi connectivity index (χ0n) is 10.7. The summed E-state index contributed by atoms with van der Waals surface area (Å²) in [5.74, 6) is 0.661. The van der Waals surface area contributed by atoms with Gasteiger partial charge in [-0.05, 0) is 24.3 Å². The van der Waals surface area contributed by atoms with Gasteiger partial charge in [-0.15, -0.1) is 0 Å². The van der Waals surface area contributed by atoms with Crippen molar-refractivity contribution in [1.29, 1.82) is 0 Å². The fourth-order valence-electron chi connectivity index (χ4n) is 2.02. The van der Waals surface area contributed by atoms with Crippen LogP contribution in [0.25, 0.3) is 0 Å². The Labute approximate surface area is 127 Å². The first-order chi connectivity index (χ1) is 9.46. The number of sulfonamides is 1. The minimum Gasteiger partial charge on any atom is -0.392 e. The van der Waals surface area contributed by atoms with E-state index in [9.17, 15) is 12.8 Å². The van der Waals surface area contributed by atoms with Crippen LogP contribution < -0.4 is 0 Å². The maximum atomic E-state index is 14.2. The smallest absolute Gasteiger partial charge is 0.246 e. The third kappa shape index (κ3) is 3.28. The van der Waals surface area contributed by atoms with Gasteiger partial charge in [0.15, 0.2) is 0 Å². The van der Waals surface area contributed by atoms with Crippen LogP contribution in [0.1, 0.15) is 12.0 Å². The van der Waals surface area contributed by atoms with Crippen LogP contribution >= 0.6 is 23.4 Å². The van der Waals surface area contributed by atoms with E-state index in [2.05, 4.69) is 0 Å². The molecule has 0 unspecified atom stereocenters. The molecular formula is C12H15ClFNO3S2. The highest BCUT2D eigenvalue weighted by Gasteiger charge is 2.29. The molecule has 1 aromatic rings. The number of benzene rings is 1. The predicted octanol–water partition coefficient (Wildman–Crippen LogP) is 2.10. The average Bonchev–Trinajstić information content (AvgIpc) is 2.70. The van der Waals surface area contributed by atoms with E-state index in [4.69, 9.17) is 16.7 Å². The molecule has 1 aliphatic rings. The molecule has 0 radical (unpaired) electrons. The van der Waals surface area contributed by atoms with Crippen molar-refractivity contribution in [2.75, 3.05) is 24.6 Å². The largest absolute Gasteiger partial charge is 0.392 e. The third-order valence-electron chi connectivity index (χ3n) is 3.05. The number of hydrogen-bond acceptors (Lipinski definition) is 4. The molecule has 4 nitrogen and oxygen atoms in total. The molecule has 0 spiro atoms. The van der Waals surface area contributed by atoms with Crippen molar-refractivity contribution < 1.29 is 17.9 Å². The maximum Gasteiger partial charge on any atom is 0.246 e. The van der Waals surface area contributed by atoms with Crippen LogP contribution in [0.5, 0.6) is 0 Å². The molecule has 1 N–H and O–H groups in total. The van der Waals surface area contributed by atoms with Gasteiger partial charge < -0.3 is 5.11 Å². The lowest BCUT2D eigenvalue weighted by molar-refractivity contribution is 0.274. The number of nitrogens with zero attached hydrogens (tertiary/aromatic N) is 1. The van der Waals surface area contributed by atoms with E-state index in [1.165, 1.54) is 10.4 Å². The van der Waals surface area contributed by atoms with E-state index in [1.54, 1.807) is 11.8 Å². The lowest BCUT2D eigenvalue weighted by Gasteiger charge is -2.20. The molecule has 0 aliphatic carbocycles. The van der Waals surface area contributed by atoms with E-state index in [-0.39, 0.29) is 10.6 Å². The highest BCUT2D eigenvalue weighted by molar-refractivity contribution is 7.99. The third-order valence-corrected chi connectivity index (χ3v) is 6.21. The molecule has 0 bridgehead atoms. The number of halogens is 2. The van der Waals surface area contributed by atoms with Crippen molar-refractivity contribution in [3.8, 4) is 0 Å². The summed E-state index contributed by atoms with van der Waals surface area (Å²) in [6, 6.07) is 2.33. The van der Waals surface area contributed by atoms with Gasteiger partial charge in [0, 0.05) is 29.4 Å². The van der Waals surface area contributed by atoms with Crippen LogP contribution in [-0.2, 0) is 16.6 Å². The molecule has 1 aromatic carbocycles. The summed E-state index contributed by atoms with van der Waals surface area (Å²) < 4.78 is 40.5. The Hall–Kier alpha value is -0.340. The first-order valence-electron chi connectivity index (χ1n) is 6.13. The molecule has 1 heterocycles. The highest BCUT2D eigenvalue weighted by atomic mass is 35.5. The van der Waals surface area contributed by atoms with Crippen LogP contribution in [0.4, 0.5) is 4.39 Å². The molecule has 1 aliphatic heterocycles. The van der Waals surface area contributed by atoms with Crippen LogP contribution in [0.3, 0.4) is 0 Å². The number of hydrogen-bond donors (Lipinski definition) is 1. The summed E-state index contributed by atoms with van der Waals surface area (Å²) in [5, 5.41) is 9.17. The quantitative estimate of drug-likeness (QED) is 0.916. The van der Waals surface area contributed by atoms with E-state index in [0.717, 1.165) is 18.2 Å². The van der Waals surface area contributed by atoms with Gasteiger partial charge in [0.05, 0.1) is 6.61 Å². The zero-order valence-corrected chi connectivity index (χ0v) is 13.1. The van der Waals surface area contributed by atoms with Gasteiger partial charge in [-0.2, -0.15) is 16.1 Å². The fourth-order valence-corrected chi connectivity index (χ4v) is 4.94. The number of aliphatic hydroxyl groups is 1. The first kappa shape index (κ1) is 16.0. The lowest BCUT2D eigenvalue weighted by Crippen LogP contribution is -2.33. The van der Waals surface area contributed by atoms with E-state index < -0.39 is 27.3 Å². The highest BCUT2D eigenvalue weighted by Crippen LogP contribution is 2.27. The van der Waals surface area contributed by atoms with Gasteiger partial charge in [-0.3, -0.25) is 0 Å². The molecule has 0 saturated carbocycles. The van der Waals surface area contributed by atoms with Crippen LogP contribution in [0.15, 0.2) is 17.0 Å². The van der Waals surface area contributed by atoms with Gasteiger partial charge in [-0.1, -0.05) is 11.6 Å². The molecule has 0 atom stereocenters. The standard InChI is InChI=1S/C12H15ClFNO3S2/c13-10-6-9(8-16)12(14)11(7-10)20(17,18)15-2-1-4-19-5-3-15/h6-7,16H,1-5,8H2. The minimum absolute atomic E-state index is 0.0956. The molecule has 0 aromatic heterocycles. The summed E-state index contributed by atoms with van der Waals surface area (Å²) in [6.07, 6.45) is 0.735. The van der Waals surface area contributed by atoms with Gasteiger partial charge in [0.25, 0.3) is 0 Å². The van der Waals surface area contributed by atoms with Gasteiger partial charge in [0.2, 0.25) is 10.0 Å². The van der Waals surface area contributed by atoms with Crippen molar-refractivity contribution in [3.05, 3.63) is 28.5 Å². The van der Waals surface area contributed by atoms with E-state index in [0.29, 0.717) is 18.8 Å². The molecule has 2 rings (SSSR count). The van der Waals surface area contributed by atoms with Crippen LogP contribution in [0, 0.1) is 5.82 Å². The van der Waals surface area contributed by atoms with Crippen LogP contribution in [-0.4, -0.2) is 42.4 Å². The normalized spacial score (nSPS) is 17.9. The molecule has 1 saturated heterocycles. The predicted molar refractivity (Wildman–Crippen MR) is 78.0 cm³/mol. The second kappa shape index (κ2) is 6.62. The number of rotatable bonds is 3. The molecule has 1 fully saturated rings. The second-order valence-corrected chi connectivity index (χ2v) is 7.97. The van der Waals surface area contributed by atoms with Crippen LogP contribution in [0.2, 0.25) is 5.02 Å². The minimum atomic E-state index is -3.92. The second-order valence-electron chi connectivity index (χ2n) is 4.41. The average molecular weight is 340 g/mol. The summed E-state index contributed by atoms with van der Waals surface area (Å²) in [7, 11) is -3.92. The van der Waals surface area contributed by atoms with Crippen molar-refractivity contribution in [3.63, 3.8) is 0 Å². The number of aliphatic hydroxyl groups excluding tert-OH is 1. The zero-order chi connectivity index (χ0) is 14.8. The Kier molecular flexibility index (Phi) is 5.30. The SMILES string of the molecule is O=S(=O)(c1cc(Cl)cc(CO)c1F)N1CCCSCC1. The molecule has 8 heteroatoms. The van der Waals surface area contributed by atoms with Gasteiger partial charge in [0.1, 0.15) is 10.7 Å². The Morgan fingerprint density at radius 2 is 2.10 bits per heavy atom. The lowest BCUT2D eigenvalue weighted by atomic mass is 10.2. The monoisotopic (exact) mass is 339 g/mol. The van der Waals surface area contributed by atoms with Crippen molar-refractivity contribution in [2.24, 2.45) is 0 Å². The fraction of sp³-hybridized carbons (Fsp3) is 0.500. The summed E-state index contributed by atoms with van der Waals surface area (Å²) in [6.45, 7) is 0.133. The Morgan fingerprint density at radius 1 is 1.35 bits per heavy atom. The Bertz CT molecular complexity index is 587. The summed E-state index contributed by atoms with van der Waals surface area (Å²) in [4.78, 5) is -0.457. The van der Waals surface area contributed by atoms with Crippen molar-refractivity contribution in [1.82, 2.24) is 4.31 Å². The summed E-state index contributed by atoms with van der Waals surface area (Å²) >= 11 is 7.49. The number of thioether (sulfide) groups is 1. The molecule has 20 heavy (non-hydrogen) atoms. The topological polar surface area (TPSA) is 57.6 Å². The first-order valence-corrected chi connectivity index (χ1v) is 9.11. The Morgan fingerprint density at radius 3 is 2.80 bits per heavy atom. The summed E-state index contributed by atoms with van der Waals surface area (Å²) in [5.41, 5.74) is -0.111. The van der Waals surface area contributed by atoms with E-state index >= 15 is 0 Å². The maximum absolute atomic E-state index is 14.2. The van der Waals surface area contributed by atoms with Gasteiger partial charge >= 0.3 is 0 Å². The Balaban J connectivity index is 2.45. The van der Waals surface area contributed by atoms with Gasteiger partial charge in [-0.25, -0.2) is 12.8 Å². The molecular weight excluding hydrogens is 325 g/mol. The van der Waals surface area contributed by atoms with E-state index in [1.807, 2.05) is 0 Å².